The van der Waals surface area contributed by atoms with Crippen molar-refractivity contribution in [1.82, 2.24) is 10.0 Å². The zero-order valence-corrected chi connectivity index (χ0v) is 15.4. The van der Waals surface area contributed by atoms with Gasteiger partial charge in [0.25, 0.3) is 5.91 Å². The first-order valence-electron chi connectivity index (χ1n) is 7.81. The lowest BCUT2D eigenvalue weighted by Crippen LogP contribution is -2.52. The minimum absolute atomic E-state index is 0.0678. The molecule has 0 aliphatic rings. The van der Waals surface area contributed by atoms with Gasteiger partial charge in [0, 0.05) is 19.2 Å². The van der Waals surface area contributed by atoms with Crippen LogP contribution in [0.15, 0.2) is 29.2 Å². The number of hydrogen-bond donors (Lipinski definition) is 3. The molecule has 25 heavy (non-hydrogen) atoms. The van der Waals surface area contributed by atoms with Crippen LogP contribution in [0, 0.1) is 0 Å². The Morgan fingerprint density at radius 1 is 1.32 bits per heavy atom. The lowest BCUT2D eigenvalue weighted by Gasteiger charge is -2.25. The second-order valence-electron chi connectivity index (χ2n) is 5.76. The monoisotopic (exact) mass is 372 g/mol. The van der Waals surface area contributed by atoms with E-state index < -0.39 is 27.4 Å². The van der Waals surface area contributed by atoms with Crippen LogP contribution in [0.5, 0.6) is 0 Å². The highest BCUT2D eigenvalue weighted by molar-refractivity contribution is 7.89. The summed E-state index contributed by atoms with van der Waals surface area (Å²) in [6.07, 6.45) is 0.825. The number of aliphatic carboxylic acids is 1. The molecule has 0 spiro atoms. The number of carbonyl (C=O) groups excluding carboxylic acids is 1. The third-order valence-corrected chi connectivity index (χ3v) is 5.07. The van der Waals surface area contributed by atoms with Gasteiger partial charge in [0.1, 0.15) is 5.54 Å². The molecule has 0 fully saturated rings. The second-order valence-corrected chi connectivity index (χ2v) is 7.53. The summed E-state index contributed by atoms with van der Waals surface area (Å²) in [7, 11) is -2.33. The first-order chi connectivity index (χ1) is 11.7. The predicted molar refractivity (Wildman–Crippen MR) is 91.9 cm³/mol. The minimum atomic E-state index is -3.79. The number of carboxylic acids is 1. The molecule has 0 saturated heterocycles. The molecule has 0 radical (unpaired) electrons. The Kier molecular flexibility index (Phi) is 7.53. The fourth-order valence-electron chi connectivity index (χ4n) is 2.21. The lowest BCUT2D eigenvalue weighted by atomic mass is 9.96. The van der Waals surface area contributed by atoms with E-state index in [9.17, 15) is 23.1 Å². The van der Waals surface area contributed by atoms with E-state index in [2.05, 4.69) is 10.0 Å². The molecule has 8 nitrogen and oxygen atoms in total. The molecule has 9 heteroatoms. The third-order valence-electron chi connectivity index (χ3n) is 3.62. The van der Waals surface area contributed by atoms with Crippen LogP contribution in [0.2, 0.25) is 0 Å². The number of carbonyl (C=O) groups is 2. The standard InChI is InChI=1S/C16H24N2O6S/c1-4-8-16(2,15(20)21)18-14(19)12-6-5-7-13(11-12)25(22,23)17-9-10-24-3/h5-7,11,17H,4,8-10H2,1-3H3,(H,18,19)(H,20,21). The molecule has 1 aromatic carbocycles. The Bertz CT molecular complexity index is 719. The number of benzene rings is 1. The van der Waals surface area contributed by atoms with Crippen LogP contribution in [0.25, 0.3) is 0 Å². The highest BCUT2D eigenvalue weighted by Crippen LogP contribution is 2.16. The van der Waals surface area contributed by atoms with Crippen molar-refractivity contribution in [3.8, 4) is 0 Å². The van der Waals surface area contributed by atoms with E-state index in [1.807, 2.05) is 6.92 Å². The van der Waals surface area contributed by atoms with Gasteiger partial charge in [-0.15, -0.1) is 0 Å². The Labute approximate surface area is 147 Å². The fraction of sp³-hybridized carbons (Fsp3) is 0.500. The van der Waals surface area contributed by atoms with Crippen LogP contribution >= 0.6 is 0 Å². The zero-order chi connectivity index (χ0) is 19.1. The Morgan fingerprint density at radius 2 is 2.00 bits per heavy atom. The molecule has 3 N–H and O–H groups in total. The number of sulfonamides is 1. The van der Waals surface area contributed by atoms with Crippen molar-refractivity contribution in [2.75, 3.05) is 20.3 Å². The van der Waals surface area contributed by atoms with E-state index >= 15 is 0 Å². The zero-order valence-electron chi connectivity index (χ0n) is 14.5. The van der Waals surface area contributed by atoms with Gasteiger partial charge in [-0.2, -0.15) is 0 Å². The van der Waals surface area contributed by atoms with Gasteiger partial charge in [-0.1, -0.05) is 19.4 Å². The maximum Gasteiger partial charge on any atom is 0.329 e. The van der Waals surface area contributed by atoms with Crippen LogP contribution in [0.4, 0.5) is 0 Å². The van der Waals surface area contributed by atoms with E-state index in [1.54, 1.807) is 0 Å². The molecule has 140 valence electrons. The summed E-state index contributed by atoms with van der Waals surface area (Å²) in [4.78, 5) is 23.7. The number of methoxy groups -OCH3 is 1. The largest absolute Gasteiger partial charge is 0.480 e. The van der Waals surface area contributed by atoms with Crippen molar-refractivity contribution in [3.63, 3.8) is 0 Å². The molecule has 1 atom stereocenters. The molecule has 0 aliphatic heterocycles. The van der Waals surface area contributed by atoms with Crippen LogP contribution in [0.1, 0.15) is 37.0 Å². The number of ether oxygens (including phenoxy) is 1. The summed E-state index contributed by atoms with van der Waals surface area (Å²) in [5.74, 6) is -1.79. The molecule has 1 rings (SSSR count). The van der Waals surface area contributed by atoms with E-state index in [0.29, 0.717) is 6.42 Å². The second kappa shape index (κ2) is 8.93. The number of hydrogen-bond acceptors (Lipinski definition) is 5. The topological polar surface area (TPSA) is 122 Å². The highest BCUT2D eigenvalue weighted by Gasteiger charge is 2.34. The van der Waals surface area contributed by atoms with Crippen LogP contribution in [-0.4, -0.2) is 51.2 Å². The smallest absolute Gasteiger partial charge is 0.329 e. The average Bonchev–Trinajstić information content (AvgIpc) is 2.55. The van der Waals surface area contributed by atoms with Crippen LogP contribution in [-0.2, 0) is 19.6 Å². The van der Waals surface area contributed by atoms with Gasteiger partial charge in [-0.05, 0) is 31.5 Å². The maximum atomic E-state index is 12.4. The van der Waals surface area contributed by atoms with Gasteiger partial charge in [0.2, 0.25) is 10.0 Å². The molecule has 0 aromatic heterocycles. The van der Waals surface area contributed by atoms with Crippen molar-refractivity contribution in [2.45, 2.75) is 37.1 Å². The van der Waals surface area contributed by atoms with Crippen LogP contribution < -0.4 is 10.0 Å². The first kappa shape index (κ1) is 21.1. The van der Waals surface area contributed by atoms with E-state index in [-0.39, 0.29) is 30.0 Å². The van der Waals surface area contributed by atoms with Crippen molar-refractivity contribution in [1.29, 1.82) is 0 Å². The van der Waals surface area contributed by atoms with Crippen LogP contribution in [0.3, 0.4) is 0 Å². The molecule has 0 aliphatic carbocycles. The molecular formula is C16H24N2O6S. The quantitative estimate of drug-likeness (QED) is 0.527. The Balaban J connectivity index is 3.00. The van der Waals surface area contributed by atoms with Crippen molar-refractivity contribution in [2.24, 2.45) is 0 Å². The van der Waals surface area contributed by atoms with Crippen molar-refractivity contribution < 1.29 is 27.9 Å². The Morgan fingerprint density at radius 3 is 2.56 bits per heavy atom. The summed E-state index contributed by atoms with van der Waals surface area (Å²) in [6, 6.07) is 5.42. The van der Waals surface area contributed by atoms with Gasteiger partial charge in [-0.3, -0.25) is 4.79 Å². The molecule has 1 aromatic rings. The summed E-state index contributed by atoms with van der Waals surface area (Å²) in [5.41, 5.74) is -1.35. The molecule has 0 heterocycles. The predicted octanol–water partition coefficient (Wildman–Crippen LogP) is 0.984. The Hall–Kier alpha value is -1.97. The summed E-state index contributed by atoms with van der Waals surface area (Å²) in [6.45, 7) is 3.55. The third kappa shape index (κ3) is 5.80. The van der Waals surface area contributed by atoms with E-state index in [1.165, 1.54) is 38.3 Å². The summed E-state index contributed by atoms with van der Waals surface area (Å²) in [5, 5.41) is 11.8. The van der Waals surface area contributed by atoms with Crippen molar-refractivity contribution >= 4 is 21.9 Å². The first-order valence-corrected chi connectivity index (χ1v) is 9.29. The number of rotatable bonds is 10. The van der Waals surface area contributed by atoms with Gasteiger partial charge in [-0.25, -0.2) is 17.9 Å². The summed E-state index contributed by atoms with van der Waals surface area (Å²) < 4.78 is 31.5. The molecular weight excluding hydrogens is 348 g/mol. The van der Waals surface area contributed by atoms with Crippen molar-refractivity contribution in [3.05, 3.63) is 29.8 Å². The van der Waals surface area contributed by atoms with E-state index in [4.69, 9.17) is 4.74 Å². The highest BCUT2D eigenvalue weighted by atomic mass is 32.2. The van der Waals surface area contributed by atoms with Gasteiger partial charge in [0.05, 0.1) is 11.5 Å². The normalized spacial score (nSPS) is 13.9. The number of carboxylic acid groups (broad SMARTS) is 1. The van der Waals surface area contributed by atoms with Gasteiger partial charge >= 0.3 is 5.97 Å². The molecule has 1 unspecified atom stereocenters. The summed E-state index contributed by atoms with van der Waals surface area (Å²) >= 11 is 0. The average molecular weight is 372 g/mol. The SMILES string of the molecule is CCCC(C)(NC(=O)c1cccc(S(=O)(=O)NCCOC)c1)C(=O)O. The molecule has 0 saturated carbocycles. The minimum Gasteiger partial charge on any atom is -0.480 e. The fourth-order valence-corrected chi connectivity index (χ4v) is 3.27. The molecule has 0 bridgehead atoms. The number of amides is 1. The van der Waals surface area contributed by atoms with Gasteiger partial charge < -0.3 is 15.2 Å². The van der Waals surface area contributed by atoms with Gasteiger partial charge in [0.15, 0.2) is 0 Å². The van der Waals surface area contributed by atoms with E-state index in [0.717, 1.165) is 0 Å². The molecule has 1 amide bonds. The maximum absolute atomic E-state index is 12.4. The lowest BCUT2D eigenvalue weighted by molar-refractivity contribution is -0.144. The number of nitrogens with one attached hydrogen (secondary N) is 2.